The van der Waals surface area contributed by atoms with Gasteiger partial charge in [0.15, 0.2) is 5.78 Å². The van der Waals surface area contributed by atoms with Crippen molar-refractivity contribution >= 4 is 11.6 Å². The largest absolute Gasteiger partial charge is 0.300 e. The number of rotatable bonds is 3. The van der Waals surface area contributed by atoms with Gasteiger partial charge in [-0.15, -0.1) is 0 Å². The molecule has 2 atom stereocenters. The van der Waals surface area contributed by atoms with Crippen LogP contribution in [0.2, 0.25) is 0 Å². The molecule has 2 aliphatic carbocycles. The zero-order valence-electron chi connectivity index (χ0n) is 13.7. The molecule has 1 aromatic carbocycles. The van der Waals surface area contributed by atoms with Gasteiger partial charge in [0, 0.05) is 11.5 Å². The predicted molar refractivity (Wildman–Crippen MR) is 88.3 cm³/mol. The normalized spacial score (nSPS) is 25.5. The molecular weight excluding hydrogens is 272 g/mol. The molecule has 2 unspecified atom stereocenters. The number of hydrogen-bond donors (Lipinski definition) is 0. The van der Waals surface area contributed by atoms with Gasteiger partial charge in [0.25, 0.3) is 0 Å². The first-order valence-corrected chi connectivity index (χ1v) is 8.70. The lowest BCUT2D eigenvalue weighted by molar-refractivity contribution is -0.121. The van der Waals surface area contributed by atoms with Crippen molar-refractivity contribution in [3.63, 3.8) is 0 Å². The lowest BCUT2D eigenvalue weighted by Crippen LogP contribution is -2.29. The fourth-order valence-corrected chi connectivity index (χ4v) is 4.42. The first-order chi connectivity index (χ1) is 10.6. The molecule has 2 heteroatoms. The second-order valence-corrected chi connectivity index (χ2v) is 7.22. The van der Waals surface area contributed by atoms with E-state index in [1.165, 1.54) is 43.2 Å². The molecule has 1 saturated carbocycles. The van der Waals surface area contributed by atoms with E-state index in [1.54, 1.807) is 13.8 Å². The fourth-order valence-electron chi connectivity index (χ4n) is 4.42. The van der Waals surface area contributed by atoms with E-state index in [0.29, 0.717) is 17.6 Å². The molecule has 0 aromatic heterocycles. The van der Waals surface area contributed by atoms with Crippen LogP contribution in [0.3, 0.4) is 0 Å². The van der Waals surface area contributed by atoms with Crippen LogP contribution in [0.4, 0.5) is 0 Å². The van der Waals surface area contributed by atoms with Crippen molar-refractivity contribution < 1.29 is 9.59 Å². The third-order valence-electron chi connectivity index (χ3n) is 5.75. The molecule has 0 heterocycles. The maximum atomic E-state index is 12.0. The number of Topliss-reactive ketones (excluding diaryl/α,β-unsaturated/α-hetero) is 2. The van der Waals surface area contributed by atoms with Gasteiger partial charge in [0.2, 0.25) is 0 Å². The summed E-state index contributed by atoms with van der Waals surface area (Å²) in [7, 11) is 0. The van der Waals surface area contributed by atoms with E-state index in [9.17, 15) is 9.59 Å². The topological polar surface area (TPSA) is 34.1 Å². The van der Waals surface area contributed by atoms with Crippen LogP contribution in [0.15, 0.2) is 18.2 Å². The second-order valence-electron chi connectivity index (χ2n) is 7.22. The van der Waals surface area contributed by atoms with Crippen molar-refractivity contribution in [3.8, 4) is 0 Å². The van der Waals surface area contributed by atoms with E-state index in [4.69, 9.17) is 0 Å². The minimum atomic E-state index is 0.138. The molecule has 2 nitrogen and oxygen atoms in total. The van der Waals surface area contributed by atoms with Gasteiger partial charge in [-0.2, -0.15) is 0 Å². The van der Waals surface area contributed by atoms with Crippen molar-refractivity contribution in [1.82, 2.24) is 0 Å². The van der Waals surface area contributed by atoms with E-state index in [0.717, 1.165) is 18.4 Å². The van der Waals surface area contributed by atoms with Crippen molar-refractivity contribution in [2.75, 3.05) is 0 Å². The van der Waals surface area contributed by atoms with E-state index >= 15 is 0 Å². The number of hydrogen-bond acceptors (Lipinski definition) is 2. The van der Waals surface area contributed by atoms with E-state index < -0.39 is 0 Å². The average molecular weight is 298 g/mol. The van der Waals surface area contributed by atoms with Gasteiger partial charge in [-0.1, -0.05) is 31.4 Å². The Morgan fingerprint density at radius 3 is 2.41 bits per heavy atom. The van der Waals surface area contributed by atoms with Crippen LogP contribution in [0.5, 0.6) is 0 Å². The Bertz CT molecular complexity index is 581. The summed E-state index contributed by atoms with van der Waals surface area (Å²) in [5, 5.41) is 0. The van der Waals surface area contributed by atoms with Crippen molar-refractivity contribution in [1.29, 1.82) is 0 Å². The summed E-state index contributed by atoms with van der Waals surface area (Å²) in [6.07, 6.45) is 8.36. The maximum Gasteiger partial charge on any atom is 0.159 e. The zero-order chi connectivity index (χ0) is 15.7. The summed E-state index contributed by atoms with van der Waals surface area (Å²) in [6, 6.07) is 6.14. The van der Waals surface area contributed by atoms with Gasteiger partial charge in [0.1, 0.15) is 5.78 Å². The standard InChI is InChI=1S/C20H26O2/c1-13(21)16-8-9-17-10-18(14(2)22)12-19(20(17)11-16)15-6-4-3-5-7-15/h8-9,11,15,18-19H,3-7,10,12H2,1-2H3. The van der Waals surface area contributed by atoms with Crippen LogP contribution in [-0.2, 0) is 11.2 Å². The number of fused-ring (bicyclic) bond motifs is 1. The highest BCUT2D eigenvalue weighted by Crippen LogP contribution is 2.45. The van der Waals surface area contributed by atoms with Crippen LogP contribution in [0, 0.1) is 11.8 Å². The van der Waals surface area contributed by atoms with E-state index in [-0.39, 0.29) is 11.7 Å². The van der Waals surface area contributed by atoms with E-state index in [2.05, 4.69) is 12.1 Å². The van der Waals surface area contributed by atoms with Crippen molar-refractivity contribution in [2.24, 2.45) is 11.8 Å². The molecule has 3 rings (SSSR count). The molecule has 0 spiro atoms. The van der Waals surface area contributed by atoms with Gasteiger partial charge in [-0.25, -0.2) is 0 Å². The van der Waals surface area contributed by atoms with Crippen LogP contribution < -0.4 is 0 Å². The molecule has 2 aliphatic rings. The Hall–Kier alpha value is -1.44. The molecule has 0 amide bonds. The highest BCUT2D eigenvalue weighted by molar-refractivity contribution is 5.94. The van der Waals surface area contributed by atoms with Gasteiger partial charge in [-0.3, -0.25) is 9.59 Å². The molecule has 0 radical (unpaired) electrons. The number of benzene rings is 1. The maximum absolute atomic E-state index is 12.0. The molecule has 118 valence electrons. The summed E-state index contributed by atoms with van der Waals surface area (Å²) in [5.41, 5.74) is 3.48. The molecule has 0 aliphatic heterocycles. The van der Waals surface area contributed by atoms with Crippen LogP contribution in [0.25, 0.3) is 0 Å². The Morgan fingerprint density at radius 2 is 1.77 bits per heavy atom. The first-order valence-electron chi connectivity index (χ1n) is 8.70. The van der Waals surface area contributed by atoms with Gasteiger partial charge >= 0.3 is 0 Å². The summed E-state index contributed by atoms with van der Waals surface area (Å²) >= 11 is 0. The SMILES string of the molecule is CC(=O)c1ccc2c(c1)C(C1CCCCC1)CC(C(C)=O)C2. The summed E-state index contributed by atoms with van der Waals surface area (Å²) in [4.78, 5) is 23.7. The van der Waals surface area contributed by atoms with Crippen LogP contribution >= 0.6 is 0 Å². The van der Waals surface area contributed by atoms with Gasteiger partial charge in [-0.05, 0) is 68.6 Å². The molecule has 0 bridgehead atoms. The smallest absolute Gasteiger partial charge is 0.159 e. The lowest BCUT2D eigenvalue weighted by atomic mass is 9.67. The average Bonchev–Trinajstić information content (AvgIpc) is 2.54. The Balaban J connectivity index is 1.98. The third kappa shape index (κ3) is 3.02. The van der Waals surface area contributed by atoms with Crippen molar-refractivity contribution in [2.45, 2.75) is 64.7 Å². The molecule has 1 aromatic rings. The summed E-state index contributed by atoms with van der Waals surface area (Å²) in [5.74, 6) is 1.79. The highest BCUT2D eigenvalue weighted by Gasteiger charge is 2.34. The summed E-state index contributed by atoms with van der Waals surface area (Å²) in [6.45, 7) is 3.37. The minimum Gasteiger partial charge on any atom is -0.300 e. The monoisotopic (exact) mass is 298 g/mol. The fraction of sp³-hybridized carbons (Fsp3) is 0.600. The van der Waals surface area contributed by atoms with Crippen molar-refractivity contribution in [3.05, 3.63) is 34.9 Å². The molecule has 0 saturated heterocycles. The molecular formula is C20H26O2. The summed E-state index contributed by atoms with van der Waals surface area (Å²) < 4.78 is 0. The van der Waals surface area contributed by atoms with Crippen LogP contribution in [0.1, 0.15) is 79.8 Å². The lowest BCUT2D eigenvalue weighted by Gasteiger charge is -2.37. The number of carbonyl (C=O) groups is 2. The zero-order valence-corrected chi connectivity index (χ0v) is 13.7. The van der Waals surface area contributed by atoms with Gasteiger partial charge < -0.3 is 0 Å². The van der Waals surface area contributed by atoms with Gasteiger partial charge in [0.05, 0.1) is 0 Å². The molecule has 22 heavy (non-hydrogen) atoms. The first kappa shape index (κ1) is 15.5. The molecule has 0 N–H and O–H groups in total. The second kappa shape index (κ2) is 6.36. The quantitative estimate of drug-likeness (QED) is 0.758. The predicted octanol–water partition coefficient (Wildman–Crippen LogP) is 4.70. The molecule has 1 fully saturated rings. The van der Waals surface area contributed by atoms with E-state index in [1.807, 2.05) is 6.07 Å². The number of ketones is 2. The Kier molecular flexibility index (Phi) is 4.46. The van der Waals surface area contributed by atoms with Crippen LogP contribution in [-0.4, -0.2) is 11.6 Å². The minimum absolute atomic E-state index is 0.138. The Labute approximate surface area is 133 Å². The Morgan fingerprint density at radius 1 is 1.05 bits per heavy atom. The highest BCUT2D eigenvalue weighted by atomic mass is 16.1. The number of carbonyl (C=O) groups excluding carboxylic acids is 2. The third-order valence-corrected chi connectivity index (χ3v) is 5.75.